The Bertz CT molecular complexity index is 775. The Morgan fingerprint density at radius 1 is 1.24 bits per heavy atom. The zero-order valence-electron chi connectivity index (χ0n) is 13.7. The van der Waals surface area contributed by atoms with Crippen molar-refractivity contribution >= 4 is 21.4 Å². The predicted octanol–water partition coefficient (Wildman–Crippen LogP) is 2.38. The first-order chi connectivity index (χ1) is 12.1. The van der Waals surface area contributed by atoms with E-state index in [-0.39, 0.29) is 23.9 Å². The fourth-order valence-electron chi connectivity index (χ4n) is 2.89. The fraction of sp³-hybridized carbons (Fsp3) is 0.412. The lowest BCUT2D eigenvalue weighted by Gasteiger charge is -2.34. The minimum atomic E-state index is -3.63. The molecule has 1 aromatic carbocycles. The summed E-state index contributed by atoms with van der Waals surface area (Å²) in [5.74, 6) is -0.866. The lowest BCUT2D eigenvalue weighted by Crippen LogP contribution is -2.43. The molecule has 1 aromatic heterocycles. The van der Waals surface area contributed by atoms with Crippen LogP contribution in [0, 0.1) is 5.82 Å². The number of nitrogens with one attached hydrogen (secondary N) is 1. The highest BCUT2D eigenvalue weighted by Gasteiger charge is 2.25. The zero-order chi connectivity index (χ0) is 17.7. The van der Waals surface area contributed by atoms with Crippen molar-refractivity contribution in [1.82, 2.24) is 9.62 Å². The van der Waals surface area contributed by atoms with E-state index in [4.69, 9.17) is 4.74 Å². The molecule has 1 saturated heterocycles. The zero-order valence-corrected chi connectivity index (χ0v) is 15.4. The lowest BCUT2D eigenvalue weighted by molar-refractivity contribution is 0.0173. The molecule has 2 aromatic rings. The second-order valence-corrected chi connectivity index (χ2v) is 8.51. The minimum absolute atomic E-state index is 0.0504. The lowest BCUT2D eigenvalue weighted by atomic mass is 10.1. The van der Waals surface area contributed by atoms with Crippen LogP contribution in [0.25, 0.3) is 0 Å². The summed E-state index contributed by atoms with van der Waals surface area (Å²) in [7, 11) is -3.63. The SMILES string of the molecule is O=S(=O)(Cc1ccccc1F)NCC(c1ccsc1)N1CCOCC1. The van der Waals surface area contributed by atoms with Crippen LogP contribution >= 0.6 is 11.3 Å². The molecular weight excluding hydrogens is 363 g/mol. The van der Waals surface area contributed by atoms with E-state index < -0.39 is 15.8 Å². The molecule has 25 heavy (non-hydrogen) atoms. The van der Waals surface area contributed by atoms with Crippen molar-refractivity contribution in [3.8, 4) is 0 Å². The van der Waals surface area contributed by atoms with Gasteiger partial charge < -0.3 is 4.74 Å². The molecule has 0 spiro atoms. The van der Waals surface area contributed by atoms with Gasteiger partial charge in [-0.2, -0.15) is 11.3 Å². The number of halogens is 1. The molecule has 136 valence electrons. The van der Waals surface area contributed by atoms with Gasteiger partial charge in [0.2, 0.25) is 10.0 Å². The van der Waals surface area contributed by atoms with Crippen molar-refractivity contribution in [2.24, 2.45) is 0 Å². The molecule has 0 radical (unpaired) electrons. The Balaban J connectivity index is 1.68. The summed E-state index contributed by atoms with van der Waals surface area (Å²) in [6.45, 7) is 3.06. The average Bonchev–Trinajstić information content (AvgIpc) is 3.12. The van der Waals surface area contributed by atoms with Crippen LogP contribution in [-0.4, -0.2) is 46.2 Å². The molecule has 2 heterocycles. The molecular formula is C17H21FN2O3S2. The molecule has 3 rings (SSSR count). The van der Waals surface area contributed by atoms with E-state index in [9.17, 15) is 12.8 Å². The van der Waals surface area contributed by atoms with Gasteiger partial charge >= 0.3 is 0 Å². The van der Waals surface area contributed by atoms with Crippen LogP contribution in [0.4, 0.5) is 4.39 Å². The van der Waals surface area contributed by atoms with Crippen molar-refractivity contribution in [2.75, 3.05) is 32.8 Å². The molecule has 1 fully saturated rings. The predicted molar refractivity (Wildman–Crippen MR) is 96.5 cm³/mol. The number of ether oxygens (including phenoxy) is 1. The molecule has 1 N–H and O–H groups in total. The maximum atomic E-state index is 13.7. The standard InChI is InChI=1S/C17H21FN2O3S2/c18-16-4-2-1-3-15(16)13-25(21,22)19-11-17(14-5-10-24-12-14)20-6-8-23-9-7-20/h1-5,10,12,17,19H,6-9,11,13H2. The summed E-state index contributed by atoms with van der Waals surface area (Å²) in [5.41, 5.74) is 1.26. The van der Waals surface area contributed by atoms with Gasteiger partial charge in [-0.1, -0.05) is 18.2 Å². The summed E-state index contributed by atoms with van der Waals surface area (Å²) in [6, 6.07) is 7.90. The number of hydrogen-bond acceptors (Lipinski definition) is 5. The molecule has 1 atom stereocenters. The summed E-state index contributed by atoms with van der Waals surface area (Å²) in [5, 5.41) is 4.02. The van der Waals surface area contributed by atoms with E-state index in [0.717, 1.165) is 18.7 Å². The van der Waals surface area contributed by atoms with E-state index in [1.165, 1.54) is 12.1 Å². The van der Waals surface area contributed by atoms with Crippen molar-refractivity contribution in [3.63, 3.8) is 0 Å². The first-order valence-corrected chi connectivity index (χ1v) is 10.7. The molecule has 0 aliphatic carbocycles. The maximum Gasteiger partial charge on any atom is 0.215 e. The monoisotopic (exact) mass is 384 g/mol. The van der Waals surface area contributed by atoms with Crippen LogP contribution in [0.2, 0.25) is 0 Å². The number of sulfonamides is 1. The number of hydrogen-bond donors (Lipinski definition) is 1. The van der Waals surface area contributed by atoms with E-state index in [1.54, 1.807) is 23.5 Å². The summed E-state index contributed by atoms with van der Waals surface area (Å²) in [6.07, 6.45) is 0. The third kappa shape index (κ3) is 5.08. The molecule has 1 aliphatic rings. The van der Waals surface area contributed by atoms with E-state index >= 15 is 0 Å². The molecule has 8 heteroatoms. The first-order valence-electron chi connectivity index (χ1n) is 8.10. The van der Waals surface area contributed by atoms with Gasteiger partial charge in [0.05, 0.1) is 19.0 Å². The number of benzene rings is 1. The van der Waals surface area contributed by atoms with Crippen molar-refractivity contribution in [1.29, 1.82) is 0 Å². The van der Waals surface area contributed by atoms with Crippen LogP contribution in [0.1, 0.15) is 17.2 Å². The van der Waals surface area contributed by atoms with Gasteiger partial charge in [-0.05, 0) is 28.5 Å². The van der Waals surface area contributed by atoms with Crippen LogP contribution in [0.5, 0.6) is 0 Å². The quantitative estimate of drug-likeness (QED) is 0.796. The van der Waals surface area contributed by atoms with E-state index in [2.05, 4.69) is 9.62 Å². The number of rotatable bonds is 7. The van der Waals surface area contributed by atoms with Crippen molar-refractivity contribution in [3.05, 3.63) is 58.0 Å². The number of nitrogens with zero attached hydrogens (tertiary/aromatic N) is 1. The second kappa shape index (κ2) is 8.37. The third-order valence-corrected chi connectivity index (χ3v) is 6.21. The van der Waals surface area contributed by atoms with Crippen LogP contribution in [0.3, 0.4) is 0 Å². The van der Waals surface area contributed by atoms with E-state index in [0.29, 0.717) is 13.2 Å². The summed E-state index contributed by atoms with van der Waals surface area (Å²) < 4.78 is 46.5. The van der Waals surface area contributed by atoms with E-state index in [1.807, 2.05) is 16.8 Å². The van der Waals surface area contributed by atoms with Gasteiger partial charge in [-0.3, -0.25) is 4.90 Å². The summed E-state index contributed by atoms with van der Waals surface area (Å²) in [4.78, 5) is 2.22. The van der Waals surface area contributed by atoms with Gasteiger partial charge in [-0.25, -0.2) is 17.5 Å². The average molecular weight is 384 g/mol. The summed E-state index contributed by atoms with van der Waals surface area (Å²) >= 11 is 1.59. The molecule has 0 bridgehead atoms. The Hall–Kier alpha value is -1.32. The van der Waals surface area contributed by atoms with Gasteiger partial charge in [0, 0.05) is 31.2 Å². The van der Waals surface area contributed by atoms with Crippen LogP contribution in [0.15, 0.2) is 41.1 Å². The normalized spacial score (nSPS) is 17.5. The van der Waals surface area contributed by atoms with Gasteiger partial charge in [0.15, 0.2) is 0 Å². The Kier molecular flexibility index (Phi) is 6.19. The van der Waals surface area contributed by atoms with Crippen LogP contribution < -0.4 is 4.72 Å². The topological polar surface area (TPSA) is 58.6 Å². The first kappa shape index (κ1) is 18.5. The Labute approximate surface area is 151 Å². The van der Waals surface area contributed by atoms with Gasteiger partial charge in [0.25, 0.3) is 0 Å². The van der Waals surface area contributed by atoms with Gasteiger partial charge in [-0.15, -0.1) is 0 Å². The highest BCUT2D eigenvalue weighted by molar-refractivity contribution is 7.88. The van der Waals surface area contributed by atoms with Crippen LogP contribution in [-0.2, 0) is 20.5 Å². The number of thiophene rings is 1. The molecule has 0 amide bonds. The van der Waals surface area contributed by atoms with Crippen molar-refractivity contribution in [2.45, 2.75) is 11.8 Å². The number of morpholine rings is 1. The third-order valence-electron chi connectivity index (χ3n) is 4.21. The maximum absolute atomic E-state index is 13.7. The largest absolute Gasteiger partial charge is 0.379 e. The smallest absolute Gasteiger partial charge is 0.215 e. The highest BCUT2D eigenvalue weighted by atomic mass is 32.2. The Morgan fingerprint density at radius 3 is 2.68 bits per heavy atom. The highest BCUT2D eigenvalue weighted by Crippen LogP contribution is 2.24. The molecule has 0 saturated carbocycles. The fourth-order valence-corrected chi connectivity index (χ4v) is 4.75. The van der Waals surface area contributed by atoms with Gasteiger partial charge in [0.1, 0.15) is 5.82 Å². The molecule has 1 aliphatic heterocycles. The molecule has 1 unspecified atom stereocenters. The Morgan fingerprint density at radius 2 is 2.00 bits per heavy atom. The van der Waals surface area contributed by atoms with Crippen molar-refractivity contribution < 1.29 is 17.5 Å². The molecule has 5 nitrogen and oxygen atoms in total. The second-order valence-electron chi connectivity index (χ2n) is 5.92. The minimum Gasteiger partial charge on any atom is -0.379 e.